The molecule has 0 atom stereocenters. The van der Waals surface area contributed by atoms with E-state index in [1.165, 1.54) is 36.3 Å². The second-order valence-corrected chi connectivity index (χ2v) is 4.34. The highest BCUT2D eigenvalue weighted by Gasteiger charge is 2.05. The van der Waals surface area contributed by atoms with E-state index in [2.05, 4.69) is 48.8 Å². The molecule has 0 amide bonds. The zero-order valence-electron chi connectivity index (χ0n) is 11.3. The number of rotatable bonds is 3. The maximum Gasteiger partial charge on any atom is 0.0370 e. The highest BCUT2D eigenvalue weighted by atomic mass is 15.1. The van der Waals surface area contributed by atoms with Crippen LogP contribution >= 0.6 is 0 Å². The molecule has 17 heavy (non-hydrogen) atoms. The van der Waals surface area contributed by atoms with E-state index in [1.54, 1.807) is 0 Å². The van der Waals surface area contributed by atoms with Crippen LogP contribution in [-0.4, -0.2) is 25.0 Å². The van der Waals surface area contributed by atoms with E-state index >= 15 is 0 Å². The van der Waals surface area contributed by atoms with Crippen molar-refractivity contribution in [3.63, 3.8) is 0 Å². The van der Waals surface area contributed by atoms with Gasteiger partial charge in [0.25, 0.3) is 0 Å². The molecule has 0 unspecified atom stereocenters. The van der Waals surface area contributed by atoms with E-state index in [-0.39, 0.29) is 0 Å². The molecule has 1 saturated heterocycles. The standard InChI is InChI=1S/C10H15N.C5H9N/c1-4-9-7-8(2)5-6-10(9)11-3;1-2-6-4-3-5-6/h5-7,11H,4H2,1-3H3;2H,1,3-5H2. The monoisotopic (exact) mass is 232 g/mol. The average molecular weight is 232 g/mol. The number of anilines is 1. The first-order valence-electron chi connectivity index (χ1n) is 6.35. The second kappa shape index (κ2) is 7.00. The van der Waals surface area contributed by atoms with E-state index < -0.39 is 0 Å². The molecule has 2 heteroatoms. The summed E-state index contributed by atoms with van der Waals surface area (Å²) in [5, 5.41) is 3.17. The number of benzene rings is 1. The average Bonchev–Trinajstić information content (AvgIpc) is 2.28. The number of likely N-dealkylation sites (tertiary alicyclic amines) is 1. The van der Waals surface area contributed by atoms with Crippen molar-refractivity contribution in [2.45, 2.75) is 26.7 Å². The van der Waals surface area contributed by atoms with Crippen molar-refractivity contribution in [3.05, 3.63) is 42.1 Å². The maximum absolute atomic E-state index is 3.61. The summed E-state index contributed by atoms with van der Waals surface area (Å²) < 4.78 is 0. The summed E-state index contributed by atoms with van der Waals surface area (Å²) in [6.07, 6.45) is 4.34. The fourth-order valence-corrected chi connectivity index (χ4v) is 1.78. The van der Waals surface area contributed by atoms with Crippen LogP contribution in [0.3, 0.4) is 0 Å². The third kappa shape index (κ3) is 4.14. The summed E-state index contributed by atoms with van der Waals surface area (Å²) in [6.45, 7) is 10.4. The van der Waals surface area contributed by atoms with Gasteiger partial charge in [0.15, 0.2) is 0 Å². The third-order valence-electron chi connectivity index (χ3n) is 3.06. The van der Waals surface area contributed by atoms with Gasteiger partial charge in [-0.25, -0.2) is 0 Å². The Bertz CT molecular complexity index is 354. The van der Waals surface area contributed by atoms with Crippen molar-refractivity contribution in [3.8, 4) is 0 Å². The number of nitrogens with zero attached hydrogens (tertiary/aromatic N) is 1. The van der Waals surface area contributed by atoms with Crippen LogP contribution in [0, 0.1) is 6.92 Å². The molecule has 0 saturated carbocycles. The number of nitrogens with one attached hydrogen (secondary N) is 1. The number of aryl methyl sites for hydroxylation is 2. The minimum absolute atomic E-state index is 1.10. The molecule has 1 N–H and O–H groups in total. The molecule has 0 radical (unpaired) electrons. The topological polar surface area (TPSA) is 15.3 Å². The number of hydrogen-bond donors (Lipinski definition) is 1. The minimum atomic E-state index is 1.10. The lowest BCUT2D eigenvalue weighted by Gasteiger charge is -2.28. The Labute approximate surface area is 105 Å². The van der Waals surface area contributed by atoms with Gasteiger partial charge in [-0.3, -0.25) is 0 Å². The van der Waals surface area contributed by atoms with E-state index in [1.807, 2.05) is 13.2 Å². The van der Waals surface area contributed by atoms with Gasteiger partial charge in [0.05, 0.1) is 0 Å². The molecule has 94 valence electrons. The summed E-state index contributed by atoms with van der Waals surface area (Å²) >= 11 is 0. The van der Waals surface area contributed by atoms with Crippen molar-refractivity contribution in [2.75, 3.05) is 25.5 Å². The molecule has 2 nitrogen and oxygen atoms in total. The highest BCUT2D eigenvalue weighted by Crippen LogP contribution is 2.16. The first-order valence-corrected chi connectivity index (χ1v) is 6.35. The Morgan fingerprint density at radius 2 is 2.12 bits per heavy atom. The predicted molar refractivity (Wildman–Crippen MR) is 76.5 cm³/mol. The molecule has 1 aromatic carbocycles. The van der Waals surface area contributed by atoms with Crippen LogP contribution in [-0.2, 0) is 6.42 Å². The van der Waals surface area contributed by atoms with Crippen molar-refractivity contribution in [1.29, 1.82) is 0 Å². The van der Waals surface area contributed by atoms with Crippen molar-refractivity contribution in [2.24, 2.45) is 0 Å². The third-order valence-corrected chi connectivity index (χ3v) is 3.06. The Kier molecular flexibility index (Phi) is 5.61. The normalized spacial score (nSPS) is 13.2. The minimum Gasteiger partial charge on any atom is -0.388 e. The molecule has 2 rings (SSSR count). The summed E-state index contributed by atoms with van der Waals surface area (Å²) in [5.74, 6) is 0. The SMILES string of the molecule is C=CN1CCC1.CCc1cc(C)ccc1NC. The number of hydrogen-bond acceptors (Lipinski definition) is 2. The Morgan fingerprint density at radius 1 is 1.41 bits per heavy atom. The smallest absolute Gasteiger partial charge is 0.0370 e. The Balaban J connectivity index is 0.000000202. The summed E-state index contributed by atoms with van der Waals surface area (Å²) in [4.78, 5) is 2.19. The molecular formula is C15H24N2. The van der Waals surface area contributed by atoms with Crippen LogP contribution < -0.4 is 5.32 Å². The van der Waals surface area contributed by atoms with Crippen LogP contribution in [0.25, 0.3) is 0 Å². The second-order valence-electron chi connectivity index (χ2n) is 4.34. The van der Waals surface area contributed by atoms with Crippen LogP contribution in [0.4, 0.5) is 5.69 Å². The Hall–Kier alpha value is -1.44. The highest BCUT2D eigenvalue weighted by molar-refractivity contribution is 5.52. The van der Waals surface area contributed by atoms with Gasteiger partial charge in [-0.1, -0.05) is 31.2 Å². The first kappa shape index (κ1) is 13.6. The van der Waals surface area contributed by atoms with Gasteiger partial charge in [0.2, 0.25) is 0 Å². The lowest BCUT2D eigenvalue weighted by Crippen LogP contribution is -2.31. The van der Waals surface area contributed by atoms with Gasteiger partial charge < -0.3 is 10.2 Å². The van der Waals surface area contributed by atoms with E-state index in [4.69, 9.17) is 0 Å². The molecular weight excluding hydrogens is 208 g/mol. The van der Waals surface area contributed by atoms with Crippen molar-refractivity contribution < 1.29 is 0 Å². The van der Waals surface area contributed by atoms with E-state index in [9.17, 15) is 0 Å². The first-order chi connectivity index (χ1) is 8.21. The fourth-order valence-electron chi connectivity index (χ4n) is 1.78. The summed E-state index contributed by atoms with van der Waals surface area (Å²) in [7, 11) is 1.96. The molecule has 0 spiro atoms. The maximum atomic E-state index is 3.61. The lowest BCUT2D eigenvalue weighted by atomic mass is 10.1. The van der Waals surface area contributed by atoms with E-state index in [0.29, 0.717) is 0 Å². The predicted octanol–water partition coefficient (Wildman–Crippen LogP) is 3.43. The molecule has 0 bridgehead atoms. The van der Waals surface area contributed by atoms with Crippen molar-refractivity contribution in [1.82, 2.24) is 4.90 Å². The Morgan fingerprint density at radius 3 is 2.47 bits per heavy atom. The molecule has 1 aliphatic rings. The van der Waals surface area contributed by atoms with Gasteiger partial charge in [-0.05, 0) is 37.6 Å². The summed E-state index contributed by atoms with van der Waals surface area (Å²) in [6, 6.07) is 6.49. The van der Waals surface area contributed by atoms with Gasteiger partial charge in [-0.2, -0.15) is 0 Å². The molecule has 1 aromatic rings. The van der Waals surface area contributed by atoms with Crippen LogP contribution in [0.2, 0.25) is 0 Å². The fraction of sp³-hybridized carbons (Fsp3) is 0.467. The summed E-state index contributed by atoms with van der Waals surface area (Å²) in [5.41, 5.74) is 3.98. The quantitative estimate of drug-likeness (QED) is 0.859. The molecule has 0 aliphatic carbocycles. The molecule has 1 fully saturated rings. The van der Waals surface area contributed by atoms with Crippen molar-refractivity contribution >= 4 is 5.69 Å². The molecule has 0 aromatic heterocycles. The largest absolute Gasteiger partial charge is 0.388 e. The van der Waals surface area contributed by atoms with Gasteiger partial charge in [0.1, 0.15) is 0 Å². The van der Waals surface area contributed by atoms with Gasteiger partial charge in [-0.15, -0.1) is 0 Å². The zero-order chi connectivity index (χ0) is 12.7. The molecule has 1 heterocycles. The van der Waals surface area contributed by atoms with E-state index in [0.717, 1.165) is 6.42 Å². The molecule has 1 aliphatic heterocycles. The van der Waals surface area contributed by atoms with Gasteiger partial charge >= 0.3 is 0 Å². The van der Waals surface area contributed by atoms with Crippen LogP contribution in [0.15, 0.2) is 31.0 Å². The lowest BCUT2D eigenvalue weighted by molar-refractivity contribution is 0.264. The zero-order valence-corrected chi connectivity index (χ0v) is 11.3. The van der Waals surface area contributed by atoms with Crippen LogP contribution in [0.5, 0.6) is 0 Å². The van der Waals surface area contributed by atoms with Crippen LogP contribution in [0.1, 0.15) is 24.5 Å². The van der Waals surface area contributed by atoms with Gasteiger partial charge in [0, 0.05) is 25.8 Å².